The Morgan fingerprint density at radius 1 is 0.156 bits per heavy atom. The van der Waals surface area contributed by atoms with Gasteiger partial charge in [-0.05, 0) is 148 Å². The minimum absolute atomic E-state index is 0.612. The Morgan fingerprint density at radius 2 is 0.427 bits per heavy atom. The molecule has 6 nitrogen and oxygen atoms in total. The van der Waals surface area contributed by atoms with Crippen LogP contribution >= 0.6 is 22.7 Å². The zero-order valence-electron chi connectivity index (χ0n) is 51.8. The molecule has 0 aliphatic carbocycles. The highest BCUT2D eigenvalue weighted by molar-refractivity contribution is 7.22. The largest absolute Gasteiger partial charge is 0.208 e. The molecule has 0 N–H and O–H groups in total. The lowest BCUT2D eigenvalue weighted by Gasteiger charge is -2.15. The second-order valence-electron chi connectivity index (χ2n) is 23.8. The summed E-state index contributed by atoms with van der Waals surface area (Å²) in [6.45, 7) is 0. The van der Waals surface area contributed by atoms with Crippen molar-refractivity contribution in [2.75, 3.05) is 0 Å². The van der Waals surface area contributed by atoms with E-state index in [1.807, 2.05) is 6.07 Å². The fourth-order valence-corrected chi connectivity index (χ4v) is 14.7. The van der Waals surface area contributed by atoms with E-state index < -0.39 is 0 Å². The lowest BCUT2D eigenvalue weighted by atomic mass is 9.89. The summed E-state index contributed by atoms with van der Waals surface area (Å²) < 4.78 is 2.38. The van der Waals surface area contributed by atoms with Gasteiger partial charge in [0, 0.05) is 31.7 Å². The molecule has 0 radical (unpaired) electrons. The third-order valence-electron chi connectivity index (χ3n) is 17.7. The zero-order valence-corrected chi connectivity index (χ0v) is 53.5. The molecule has 0 spiro atoms. The summed E-state index contributed by atoms with van der Waals surface area (Å²) in [5, 5.41) is 2.33. The van der Waals surface area contributed by atoms with Gasteiger partial charge in [-0.1, -0.05) is 291 Å². The number of thiophene rings is 2. The Morgan fingerprint density at radius 3 is 0.844 bits per heavy atom. The van der Waals surface area contributed by atoms with Crippen LogP contribution < -0.4 is 0 Å². The van der Waals surface area contributed by atoms with E-state index in [4.69, 9.17) is 29.9 Å². The maximum absolute atomic E-state index is 5.22. The van der Waals surface area contributed by atoms with Crippen molar-refractivity contribution in [2.24, 2.45) is 0 Å². The molecule has 13 aromatic carbocycles. The van der Waals surface area contributed by atoms with Gasteiger partial charge in [-0.15, -0.1) is 22.7 Å². The van der Waals surface area contributed by atoms with Crippen molar-refractivity contribution >= 4 is 42.8 Å². The van der Waals surface area contributed by atoms with Gasteiger partial charge in [0.15, 0.2) is 34.9 Å². The predicted molar refractivity (Wildman–Crippen MR) is 400 cm³/mol. The molecule has 0 unspecified atom stereocenters. The summed E-state index contributed by atoms with van der Waals surface area (Å²) in [6.07, 6.45) is 0. The van der Waals surface area contributed by atoms with Crippen LogP contribution in [-0.2, 0) is 0 Å². The molecule has 0 amide bonds. The molecule has 8 heteroatoms. The number of hydrogen-bond acceptors (Lipinski definition) is 8. The predicted octanol–water partition coefficient (Wildman–Crippen LogP) is 23.8. The number of nitrogens with zero attached hydrogens (tertiary/aromatic N) is 6. The second-order valence-corrected chi connectivity index (χ2v) is 26.0. The average molecular weight is 1260 g/mol. The van der Waals surface area contributed by atoms with Crippen molar-refractivity contribution in [1.82, 2.24) is 29.9 Å². The molecule has 0 bridgehead atoms. The van der Waals surface area contributed by atoms with E-state index in [1.54, 1.807) is 22.7 Å². The Balaban J connectivity index is 0.674. The van der Waals surface area contributed by atoms with Crippen LogP contribution in [0.1, 0.15) is 0 Å². The van der Waals surface area contributed by atoms with Crippen LogP contribution in [0.25, 0.3) is 176 Å². The van der Waals surface area contributed by atoms with E-state index >= 15 is 0 Å². The Hall–Kier alpha value is -12.2. The fraction of sp³-hybridized carbons (Fsp3) is 0. The highest BCUT2D eigenvalue weighted by atomic mass is 32.1. The lowest BCUT2D eigenvalue weighted by Crippen LogP contribution is -1.99. The van der Waals surface area contributed by atoms with Gasteiger partial charge in [0.2, 0.25) is 0 Å². The molecule has 0 saturated heterocycles. The number of benzene rings is 13. The lowest BCUT2D eigenvalue weighted by molar-refractivity contribution is 1.08. The van der Waals surface area contributed by atoms with Crippen LogP contribution in [0.5, 0.6) is 0 Å². The molecule has 450 valence electrons. The third-order valence-corrected chi connectivity index (χ3v) is 19.9. The van der Waals surface area contributed by atoms with Crippen molar-refractivity contribution in [3.05, 3.63) is 340 Å². The first-order valence-corrected chi connectivity index (χ1v) is 33.7. The monoisotopic (exact) mass is 1260 g/mol. The van der Waals surface area contributed by atoms with Gasteiger partial charge in [0.1, 0.15) is 0 Å². The Bertz CT molecular complexity index is 5610. The van der Waals surface area contributed by atoms with Crippen molar-refractivity contribution in [1.29, 1.82) is 0 Å². The molecule has 96 heavy (non-hydrogen) atoms. The van der Waals surface area contributed by atoms with Crippen molar-refractivity contribution < 1.29 is 0 Å². The van der Waals surface area contributed by atoms with Crippen molar-refractivity contribution in [3.8, 4) is 156 Å². The van der Waals surface area contributed by atoms with E-state index in [1.165, 1.54) is 37.0 Å². The topological polar surface area (TPSA) is 77.3 Å². The van der Waals surface area contributed by atoms with Gasteiger partial charge in [0.05, 0.1) is 9.75 Å². The fourth-order valence-electron chi connectivity index (χ4n) is 12.7. The summed E-state index contributed by atoms with van der Waals surface area (Å²) in [5.41, 5.74) is 21.8. The molecule has 4 heterocycles. The molecule has 0 aliphatic rings. The molecule has 17 rings (SSSR count). The SMILES string of the molecule is c1ccc(-c2cccc(-c3nc(-c4ccc(-c5ccc(-c6cccc(-c7ccc(-c8nc(-c9ccc(-c%10ccc(-c%11ccccc%11)c(-c%11ccccc%11)c%10)cc9)nc(-c9cc%10ccccc%10s9)n8)cc7)c6)c(-c6ccccc6)c5)cc4)nc(-c4cc5ccccc5s4)n3)c2)cc1. The smallest absolute Gasteiger partial charge is 0.174 e. The molecule has 4 aromatic heterocycles. The van der Waals surface area contributed by atoms with Crippen LogP contribution in [0.15, 0.2) is 340 Å². The van der Waals surface area contributed by atoms with E-state index in [0.29, 0.717) is 34.9 Å². The average Bonchev–Trinajstić information content (AvgIpc) is 1.32. The Labute approximate surface area is 564 Å². The molecule has 0 fully saturated rings. The number of hydrogen-bond donors (Lipinski definition) is 0. The normalized spacial score (nSPS) is 11.3. The first-order chi connectivity index (χ1) is 47.5. The minimum atomic E-state index is 0.612. The number of fused-ring (bicyclic) bond motifs is 2. The zero-order chi connectivity index (χ0) is 63.7. The molecular weight excluding hydrogens is 1210 g/mol. The third kappa shape index (κ3) is 11.7. The second kappa shape index (κ2) is 25.4. The maximum atomic E-state index is 5.22. The quantitative estimate of drug-likeness (QED) is 0.108. The van der Waals surface area contributed by atoms with Gasteiger partial charge in [0.25, 0.3) is 0 Å². The van der Waals surface area contributed by atoms with Crippen molar-refractivity contribution in [3.63, 3.8) is 0 Å². The number of aromatic nitrogens is 6. The highest BCUT2D eigenvalue weighted by Crippen LogP contribution is 2.42. The van der Waals surface area contributed by atoms with Crippen LogP contribution in [0.2, 0.25) is 0 Å². The molecule has 0 atom stereocenters. The highest BCUT2D eigenvalue weighted by Gasteiger charge is 2.20. The van der Waals surface area contributed by atoms with Gasteiger partial charge >= 0.3 is 0 Å². The van der Waals surface area contributed by atoms with Crippen LogP contribution in [0, 0.1) is 0 Å². The van der Waals surface area contributed by atoms with Gasteiger partial charge in [-0.2, -0.15) is 0 Å². The maximum Gasteiger partial charge on any atom is 0.174 e. The summed E-state index contributed by atoms with van der Waals surface area (Å²) in [6, 6.07) is 120. The van der Waals surface area contributed by atoms with Gasteiger partial charge < -0.3 is 0 Å². The summed E-state index contributed by atoms with van der Waals surface area (Å²) in [7, 11) is 0. The van der Waals surface area contributed by atoms with E-state index in [9.17, 15) is 0 Å². The van der Waals surface area contributed by atoms with E-state index in [2.05, 4.69) is 334 Å². The van der Waals surface area contributed by atoms with E-state index in [-0.39, 0.29) is 0 Å². The van der Waals surface area contributed by atoms with Crippen LogP contribution in [0.4, 0.5) is 0 Å². The molecule has 0 aliphatic heterocycles. The summed E-state index contributed by atoms with van der Waals surface area (Å²) >= 11 is 3.39. The van der Waals surface area contributed by atoms with Crippen LogP contribution in [0.3, 0.4) is 0 Å². The number of rotatable bonds is 14. The molecule has 17 aromatic rings. The molecular formula is C88H56N6S2. The first kappa shape index (κ1) is 57.7. The van der Waals surface area contributed by atoms with Gasteiger partial charge in [-0.25, -0.2) is 29.9 Å². The minimum Gasteiger partial charge on any atom is -0.208 e. The first-order valence-electron chi connectivity index (χ1n) is 32.0. The van der Waals surface area contributed by atoms with Crippen molar-refractivity contribution in [2.45, 2.75) is 0 Å². The molecule has 0 saturated carbocycles. The summed E-state index contributed by atoms with van der Waals surface area (Å²) in [5.74, 6) is 3.77. The summed E-state index contributed by atoms with van der Waals surface area (Å²) in [4.78, 5) is 33.1. The van der Waals surface area contributed by atoms with Gasteiger partial charge in [-0.3, -0.25) is 0 Å². The Kier molecular flexibility index (Phi) is 15.2. The van der Waals surface area contributed by atoms with Crippen LogP contribution in [-0.4, -0.2) is 29.9 Å². The standard InChI is InChI=1S/C88H56N6S2/c1-5-19-57(20-6-1)68-30-18-32-74(52-68)86-90-85(93-88(94-86)82-56-73-28-14-16-34-80(73)96-82)66-45-39-60(40-46-66)70-48-50-76(78(54-70)63-25-11-4-12-26-63)71-31-17-29-67(51-71)58-35-41-64(42-36-58)83-89-84(92-87(91-83)81-55-72-27-13-15-33-79(72)95-81)65-43-37-59(38-44-65)69-47-49-75(61-21-7-2-8-22-61)77(53-69)62-23-9-3-10-24-62/h1-56H. The van der Waals surface area contributed by atoms with E-state index in [0.717, 1.165) is 104 Å².